The zero-order valence-corrected chi connectivity index (χ0v) is 38.2. The molecule has 350 valence electrons. The van der Waals surface area contributed by atoms with Crippen LogP contribution in [-0.2, 0) is 14.4 Å². The molecule has 0 radical (unpaired) electrons. The first-order chi connectivity index (χ1) is 32.6. The van der Waals surface area contributed by atoms with Crippen LogP contribution in [-0.4, -0.2) is 116 Å². The van der Waals surface area contributed by atoms with Crippen LogP contribution in [0.5, 0.6) is 5.75 Å². The molecule has 1 atom stereocenters. The minimum atomic E-state index is -0.644. The van der Waals surface area contributed by atoms with Crippen molar-refractivity contribution in [2.45, 2.75) is 108 Å². The van der Waals surface area contributed by atoms with Gasteiger partial charge in [0.1, 0.15) is 40.6 Å². The summed E-state index contributed by atoms with van der Waals surface area (Å²) in [6.45, 7) is 6.61. The average Bonchev–Trinajstić information content (AvgIpc) is 4.02. The first-order valence-corrected chi connectivity index (χ1v) is 23.9. The maximum absolute atomic E-state index is 15.6. The van der Waals surface area contributed by atoms with E-state index in [1.807, 2.05) is 30.7 Å². The van der Waals surface area contributed by atoms with Crippen LogP contribution in [0.1, 0.15) is 95.6 Å². The molecule has 3 amide bonds. The molecule has 10 rings (SSSR count). The summed E-state index contributed by atoms with van der Waals surface area (Å²) in [7, 11) is 1.52. The minimum absolute atomic E-state index is 0.208. The smallest absolute Gasteiger partial charge is 0.249 e. The second kappa shape index (κ2) is 18.6. The zero-order chi connectivity index (χ0) is 46.2. The maximum Gasteiger partial charge on any atom is 0.249 e. The quantitative estimate of drug-likeness (QED) is 0.126. The largest absolute Gasteiger partial charge is 0.495 e. The number of anilines is 3. The number of nitrogens with zero attached hydrogens (tertiary/aromatic N) is 10. The van der Waals surface area contributed by atoms with Gasteiger partial charge in [0.2, 0.25) is 17.7 Å². The van der Waals surface area contributed by atoms with Crippen molar-refractivity contribution in [1.82, 2.24) is 44.9 Å². The summed E-state index contributed by atoms with van der Waals surface area (Å²) in [5.41, 5.74) is 4.52. The Morgan fingerprint density at radius 1 is 0.925 bits per heavy atom. The van der Waals surface area contributed by atoms with Gasteiger partial charge in [0, 0.05) is 93.4 Å². The molecule has 3 N–H and O–H groups in total. The van der Waals surface area contributed by atoms with E-state index in [1.54, 1.807) is 16.8 Å². The normalized spacial score (nSPS) is 22.5. The van der Waals surface area contributed by atoms with Gasteiger partial charge in [0.05, 0.1) is 59.9 Å². The summed E-state index contributed by atoms with van der Waals surface area (Å²) >= 11 is 0. The van der Waals surface area contributed by atoms with Crippen molar-refractivity contribution in [3.8, 4) is 34.3 Å². The molecule has 17 nitrogen and oxygen atoms in total. The van der Waals surface area contributed by atoms with E-state index in [9.17, 15) is 19.6 Å². The molecule has 5 fully saturated rings. The van der Waals surface area contributed by atoms with Crippen molar-refractivity contribution < 1.29 is 23.5 Å². The van der Waals surface area contributed by atoms with E-state index >= 15 is 4.39 Å². The van der Waals surface area contributed by atoms with Crippen molar-refractivity contribution in [2.24, 2.45) is 5.41 Å². The van der Waals surface area contributed by atoms with E-state index in [1.165, 1.54) is 19.6 Å². The molecule has 0 bridgehead atoms. The number of nitrogens with one attached hydrogen (secondary N) is 3. The van der Waals surface area contributed by atoms with Crippen molar-refractivity contribution >= 4 is 40.4 Å². The fourth-order valence-corrected chi connectivity index (χ4v) is 10.7. The van der Waals surface area contributed by atoms with Crippen LogP contribution in [0.15, 0.2) is 55.2 Å². The lowest BCUT2D eigenvalue weighted by molar-refractivity contribution is -0.134. The Labute approximate surface area is 389 Å². The zero-order valence-electron chi connectivity index (χ0n) is 38.2. The Bertz CT molecular complexity index is 2680. The van der Waals surface area contributed by atoms with Crippen LogP contribution in [0, 0.1) is 22.6 Å². The predicted molar refractivity (Wildman–Crippen MR) is 250 cm³/mol. The Morgan fingerprint density at radius 3 is 2.37 bits per heavy atom. The number of ether oxygens (including phenoxy) is 1. The minimum Gasteiger partial charge on any atom is -0.495 e. The molecular weight excluding hydrogens is 854 g/mol. The van der Waals surface area contributed by atoms with E-state index in [0.29, 0.717) is 71.2 Å². The highest BCUT2D eigenvalue weighted by Crippen LogP contribution is 2.39. The summed E-state index contributed by atoms with van der Waals surface area (Å²) in [6, 6.07) is 9.73. The standard InChI is InChI=1S/C49H58FN13O4/c1-3-49(48(66)55-34-5-4-6-34)15-17-61(18-16-49)43-13-7-31(26-52-43)45-46-32(25-51)27-54-63(46)30-40(57-45)33-28-53-62(29-33)36-10-8-35(9-11-36)59-19-21-60(22-20-59)41-24-42(67-2)39(23-37(41)50)56-38-12-14-44(64)58-47(38)65/h7,13,23-24,26-30,34-36,38,56H,3-6,8-12,14-22H2,1-2H3,(H,55,66)(H,58,64,65)/t35-,36-,38-/m1/s1. The molecular formula is C49H58FN13O4. The number of hydrogen-bond donors (Lipinski definition) is 3. The molecule has 1 aromatic carbocycles. The van der Waals surface area contributed by atoms with Crippen LogP contribution in [0.25, 0.3) is 28.0 Å². The predicted octanol–water partition coefficient (Wildman–Crippen LogP) is 5.86. The van der Waals surface area contributed by atoms with Crippen LogP contribution < -0.4 is 30.5 Å². The summed E-state index contributed by atoms with van der Waals surface area (Å²) in [5.74, 6) is 0.381. The number of pyridine rings is 1. The van der Waals surface area contributed by atoms with Crippen molar-refractivity contribution in [1.29, 1.82) is 5.26 Å². The van der Waals surface area contributed by atoms with Gasteiger partial charge in [0.15, 0.2) is 0 Å². The number of halogens is 1. The molecule has 5 aliphatic rings. The second-order valence-corrected chi connectivity index (χ2v) is 18.9. The molecule has 5 aromatic rings. The maximum atomic E-state index is 15.6. The van der Waals surface area contributed by atoms with Gasteiger partial charge in [0.25, 0.3) is 0 Å². The Hall–Kier alpha value is -6.61. The number of imide groups is 1. The molecule has 3 saturated heterocycles. The van der Waals surface area contributed by atoms with Crippen LogP contribution in [0.4, 0.5) is 21.6 Å². The van der Waals surface area contributed by atoms with E-state index in [0.717, 1.165) is 101 Å². The molecule has 2 saturated carbocycles. The summed E-state index contributed by atoms with van der Waals surface area (Å²) in [6.07, 6.45) is 19.5. The molecule has 4 aromatic heterocycles. The summed E-state index contributed by atoms with van der Waals surface area (Å²) in [4.78, 5) is 54.1. The lowest BCUT2D eigenvalue weighted by atomic mass is 9.74. The van der Waals surface area contributed by atoms with Gasteiger partial charge in [-0.25, -0.2) is 18.9 Å². The van der Waals surface area contributed by atoms with Crippen molar-refractivity contribution in [3.05, 3.63) is 66.6 Å². The number of amides is 3. The number of aromatic nitrogens is 6. The average molecular weight is 912 g/mol. The fraction of sp³-hybridized carbons (Fsp3) is 0.510. The van der Waals surface area contributed by atoms with Gasteiger partial charge in [-0.05, 0) is 82.8 Å². The molecule has 3 aliphatic heterocycles. The third kappa shape index (κ3) is 8.76. The van der Waals surface area contributed by atoms with E-state index in [-0.39, 0.29) is 29.7 Å². The Morgan fingerprint density at radius 2 is 1.70 bits per heavy atom. The molecule has 2 aliphatic carbocycles. The van der Waals surface area contributed by atoms with Gasteiger partial charge >= 0.3 is 0 Å². The molecule has 7 heterocycles. The number of fused-ring (bicyclic) bond motifs is 1. The number of piperidine rings is 2. The molecule has 67 heavy (non-hydrogen) atoms. The fourth-order valence-electron chi connectivity index (χ4n) is 10.7. The highest BCUT2D eigenvalue weighted by atomic mass is 19.1. The molecule has 0 spiro atoms. The lowest BCUT2D eigenvalue weighted by Crippen LogP contribution is -2.52. The summed E-state index contributed by atoms with van der Waals surface area (Å²) < 4.78 is 25.0. The van der Waals surface area contributed by atoms with E-state index in [2.05, 4.69) is 59.6 Å². The topological polar surface area (TPSA) is 191 Å². The van der Waals surface area contributed by atoms with Crippen molar-refractivity contribution in [2.75, 3.05) is 61.5 Å². The highest BCUT2D eigenvalue weighted by molar-refractivity contribution is 6.01. The number of benzene rings is 1. The number of nitriles is 1. The highest BCUT2D eigenvalue weighted by Gasteiger charge is 2.41. The van der Waals surface area contributed by atoms with E-state index < -0.39 is 17.8 Å². The number of carbonyl (C=O) groups is 3. The van der Waals surface area contributed by atoms with Gasteiger partial charge in [-0.1, -0.05) is 6.92 Å². The second-order valence-electron chi connectivity index (χ2n) is 18.9. The SMILES string of the molecule is CCC1(C(=O)NC2CCC2)CCN(c2ccc(-c3nc(-c4cnn([C@H]5CC[C@H](N6CCN(c7cc(OC)c(N[C@@H]8CCC(=O)NC8=O)cc7F)CC6)CC5)c4)cn4ncc(C#N)c34)cn2)CC1. The number of hydrogen-bond acceptors (Lipinski definition) is 13. The van der Waals surface area contributed by atoms with Crippen LogP contribution in [0.2, 0.25) is 0 Å². The first kappa shape index (κ1) is 44.2. The monoisotopic (exact) mass is 911 g/mol. The van der Waals surface area contributed by atoms with Crippen LogP contribution >= 0.6 is 0 Å². The number of piperazine rings is 1. The number of methoxy groups -OCH3 is 1. The van der Waals surface area contributed by atoms with E-state index in [4.69, 9.17) is 19.8 Å². The third-order valence-electron chi connectivity index (χ3n) is 15.2. The Kier molecular flexibility index (Phi) is 12.3. The third-order valence-corrected chi connectivity index (χ3v) is 15.2. The van der Waals surface area contributed by atoms with Gasteiger partial charge < -0.3 is 25.2 Å². The van der Waals surface area contributed by atoms with Gasteiger partial charge in [-0.3, -0.25) is 29.3 Å². The van der Waals surface area contributed by atoms with Gasteiger partial charge in [-0.15, -0.1) is 0 Å². The number of carbonyl (C=O) groups excluding carboxylic acids is 3. The first-order valence-electron chi connectivity index (χ1n) is 23.9. The van der Waals surface area contributed by atoms with Gasteiger partial charge in [-0.2, -0.15) is 15.5 Å². The number of rotatable bonds is 12. The summed E-state index contributed by atoms with van der Waals surface area (Å²) in [5, 5.41) is 28.1. The molecule has 0 unspecified atom stereocenters. The lowest BCUT2D eigenvalue weighted by Gasteiger charge is -2.42. The Balaban J connectivity index is 0.763. The molecule has 18 heteroatoms. The van der Waals surface area contributed by atoms with Crippen LogP contribution in [0.3, 0.4) is 0 Å². The van der Waals surface area contributed by atoms with Crippen molar-refractivity contribution in [3.63, 3.8) is 0 Å².